The van der Waals surface area contributed by atoms with E-state index >= 15 is 0 Å². The minimum atomic E-state index is -4.55. The molecule has 0 aliphatic rings. The highest BCUT2D eigenvalue weighted by atomic mass is 32.3. The predicted octanol–water partition coefficient (Wildman–Crippen LogP) is 1.97. The van der Waals surface area contributed by atoms with Crippen molar-refractivity contribution in [1.82, 2.24) is 0 Å². The van der Waals surface area contributed by atoms with Gasteiger partial charge in [-0.2, -0.15) is 8.42 Å². The van der Waals surface area contributed by atoms with Gasteiger partial charge < -0.3 is 4.74 Å². The number of ether oxygens (including phenoxy) is 1. The maximum atomic E-state index is 12.1. The molecule has 0 fully saturated rings. The SMILES string of the molecule is COc1ccc(C=CS(=O)(=O)F)cc1. The van der Waals surface area contributed by atoms with Gasteiger partial charge in [-0.05, 0) is 23.8 Å². The van der Waals surface area contributed by atoms with Crippen molar-refractivity contribution in [2.24, 2.45) is 0 Å². The molecule has 0 saturated carbocycles. The van der Waals surface area contributed by atoms with Gasteiger partial charge in [0.15, 0.2) is 0 Å². The van der Waals surface area contributed by atoms with Gasteiger partial charge >= 0.3 is 10.2 Å². The van der Waals surface area contributed by atoms with Gasteiger partial charge in [-0.3, -0.25) is 0 Å². The van der Waals surface area contributed by atoms with E-state index < -0.39 is 10.2 Å². The Morgan fingerprint density at radius 3 is 2.29 bits per heavy atom. The molecule has 0 aliphatic heterocycles. The molecule has 0 N–H and O–H groups in total. The van der Waals surface area contributed by atoms with Crippen molar-refractivity contribution in [2.45, 2.75) is 0 Å². The first-order valence-corrected chi connectivity index (χ1v) is 5.23. The summed E-state index contributed by atoms with van der Waals surface area (Å²) in [7, 11) is -3.03. The van der Waals surface area contributed by atoms with E-state index in [9.17, 15) is 12.3 Å². The smallest absolute Gasteiger partial charge is 0.325 e. The molecule has 1 rings (SSSR count). The highest BCUT2D eigenvalue weighted by Crippen LogP contribution is 2.12. The van der Waals surface area contributed by atoms with E-state index in [1.54, 1.807) is 24.3 Å². The summed E-state index contributed by atoms with van der Waals surface area (Å²) in [6, 6.07) is 6.57. The average Bonchev–Trinajstić information content (AvgIpc) is 2.14. The van der Waals surface area contributed by atoms with Gasteiger partial charge in [0.2, 0.25) is 0 Å². The Morgan fingerprint density at radius 2 is 1.86 bits per heavy atom. The van der Waals surface area contributed by atoms with E-state index in [2.05, 4.69) is 0 Å². The van der Waals surface area contributed by atoms with Gasteiger partial charge in [-0.1, -0.05) is 12.1 Å². The van der Waals surface area contributed by atoms with Gasteiger partial charge in [-0.25, -0.2) is 0 Å². The molecule has 3 nitrogen and oxygen atoms in total. The monoisotopic (exact) mass is 216 g/mol. The Bertz CT molecular complexity index is 420. The molecule has 0 unspecified atom stereocenters. The summed E-state index contributed by atoms with van der Waals surface area (Å²) in [4.78, 5) is 0. The van der Waals surface area contributed by atoms with Crippen LogP contribution in [0.3, 0.4) is 0 Å². The fourth-order valence-corrected chi connectivity index (χ4v) is 1.19. The summed E-state index contributed by atoms with van der Waals surface area (Å²) in [6.07, 6.45) is 1.18. The molecule has 14 heavy (non-hydrogen) atoms. The van der Waals surface area contributed by atoms with Crippen LogP contribution in [-0.2, 0) is 10.2 Å². The summed E-state index contributed by atoms with van der Waals surface area (Å²) in [5.41, 5.74) is 0.590. The molecule has 0 spiro atoms. The Balaban J connectivity index is 2.84. The van der Waals surface area contributed by atoms with Crippen LogP contribution in [0.4, 0.5) is 3.89 Å². The first-order chi connectivity index (χ1) is 6.51. The van der Waals surface area contributed by atoms with E-state index in [0.717, 1.165) is 0 Å². The van der Waals surface area contributed by atoms with Crippen LogP contribution in [0.15, 0.2) is 29.7 Å². The lowest BCUT2D eigenvalue weighted by Gasteiger charge is -1.98. The van der Waals surface area contributed by atoms with Crippen LogP contribution in [0, 0.1) is 0 Å². The minimum absolute atomic E-state index is 0.509. The average molecular weight is 216 g/mol. The van der Waals surface area contributed by atoms with E-state index in [0.29, 0.717) is 16.7 Å². The molecule has 0 amide bonds. The van der Waals surface area contributed by atoms with Crippen molar-refractivity contribution in [3.8, 4) is 5.75 Å². The number of hydrogen-bond acceptors (Lipinski definition) is 3. The van der Waals surface area contributed by atoms with Crippen molar-refractivity contribution in [3.63, 3.8) is 0 Å². The maximum absolute atomic E-state index is 12.1. The molecule has 1 aromatic rings. The molecule has 0 aliphatic carbocycles. The summed E-state index contributed by atoms with van der Waals surface area (Å²) < 4.78 is 37.3. The largest absolute Gasteiger partial charge is 0.497 e. The van der Waals surface area contributed by atoms with Gasteiger partial charge in [0.05, 0.1) is 12.5 Å². The zero-order chi connectivity index (χ0) is 10.6. The van der Waals surface area contributed by atoms with Crippen molar-refractivity contribution in [1.29, 1.82) is 0 Å². The van der Waals surface area contributed by atoms with E-state index in [1.165, 1.54) is 13.2 Å². The second-order valence-electron chi connectivity index (χ2n) is 2.55. The fraction of sp³-hybridized carbons (Fsp3) is 0.111. The quantitative estimate of drug-likeness (QED) is 0.725. The third kappa shape index (κ3) is 3.57. The van der Waals surface area contributed by atoms with Crippen molar-refractivity contribution in [2.75, 3.05) is 7.11 Å². The van der Waals surface area contributed by atoms with Crippen molar-refractivity contribution >= 4 is 16.3 Å². The Morgan fingerprint density at radius 1 is 1.29 bits per heavy atom. The molecule has 0 heterocycles. The first kappa shape index (κ1) is 10.7. The Hall–Kier alpha value is -1.36. The third-order valence-corrected chi connectivity index (χ3v) is 2.00. The van der Waals surface area contributed by atoms with Gasteiger partial charge in [0.1, 0.15) is 5.75 Å². The van der Waals surface area contributed by atoms with Crippen LogP contribution >= 0.6 is 0 Å². The van der Waals surface area contributed by atoms with E-state index in [1.807, 2.05) is 0 Å². The summed E-state index contributed by atoms with van der Waals surface area (Å²) in [6.45, 7) is 0. The Kier molecular flexibility index (Phi) is 3.24. The van der Waals surface area contributed by atoms with E-state index in [4.69, 9.17) is 4.74 Å². The molecule has 0 saturated heterocycles. The predicted molar refractivity (Wildman–Crippen MR) is 52.1 cm³/mol. The molecular formula is C9H9FO3S. The second kappa shape index (κ2) is 4.23. The highest BCUT2D eigenvalue weighted by Gasteiger charge is 1.98. The van der Waals surface area contributed by atoms with Crippen molar-refractivity contribution in [3.05, 3.63) is 35.2 Å². The van der Waals surface area contributed by atoms with Gasteiger partial charge in [0.25, 0.3) is 0 Å². The lowest BCUT2D eigenvalue weighted by molar-refractivity contribution is 0.415. The second-order valence-corrected chi connectivity index (χ2v) is 3.77. The molecule has 0 aromatic heterocycles. The van der Waals surface area contributed by atoms with Crippen LogP contribution in [0.5, 0.6) is 5.75 Å². The van der Waals surface area contributed by atoms with Crippen molar-refractivity contribution < 1.29 is 17.0 Å². The lowest BCUT2D eigenvalue weighted by atomic mass is 10.2. The summed E-state index contributed by atoms with van der Waals surface area (Å²) in [5.74, 6) is 0.658. The molecule has 0 radical (unpaired) electrons. The number of rotatable bonds is 3. The lowest BCUT2D eigenvalue weighted by Crippen LogP contribution is -1.83. The Labute approximate surface area is 82.0 Å². The standard InChI is InChI=1S/C9H9FO3S/c1-13-9-4-2-8(3-5-9)6-7-14(10,11)12/h2-7H,1H3. The molecule has 76 valence electrons. The minimum Gasteiger partial charge on any atom is -0.497 e. The van der Waals surface area contributed by atoms with E-state index in [-0.39, 0.29) is 0 Å². The zero-order valence-electron chi connectivity index (χ0n) is 7.48. The van der Waals surface area contributed by atoms with Crippen LogP contribution in [-0.4, -0.2) is 15.5 Å². The molecule has 0 bridgehead atoms. The first-order valence-electron chi connectivity index (χ1n) is 3.78. The van der Waals surface area contributed by atoms with Gasteiger partial charge in [0, 0.05) is 0 Å². The van der Waals surface area contributed by atoms with Crippen LogP contribution in [0.2, 0.25) is 0 Å². The molecule has 0 atom stereocenters. The molecule has 5 heteroatoms. The number of methoxy groups -OCH3 is 1. The maximum Gasteiger partial charge on any atom is 0.325 e. The fourth-order valence-electron chi connectivity index (χ4n) is 0.875. The van der Waals surface area contributed by atoms with Crippen LogP contribution in [0.1, 0.15) is 5.56 Å². The topological polar surface area (TPSA) is 43.4 Å². The van der Waals surface area contributed by atoms with Crippen LogP contribution < -0.4 is 4.74 Å². The number of halogens is 1. The molecular weight excluding hydrogens is 207 g/mol. The number of benzene rings is 1. The highest BCUT2D eigenvalue weighted by molar-refractivity contribution is 7.89. The zero-order valence-corrected chi connectivity index (χ0v) is 8.29. The third-order valence-electron chi connectivity index (χ3n) is 1.54. The van der Waals surface area contributed by atoms with Gasteiger partial charge in [-0.15, -0.1) is 3.89 Å². The normalized spacial score (nSPS) is 11.9. The number of hydrogen-bond donors (Lipinski definition) is 0. The molecule has 1 aromatic carbocycles. The summed E-state index contributed by atoms with van der Waals surface area (Å²) in [5, 5.41) is 0.509. The van der Waals surface area contributed by atoms with Crippen LogP contribution in [0.25, 0.3) is 6.08 Å². The summed E-state index contributed by atoms with van der Waals surface area (Å²) >= 11 is 0.